The van der Waals surface area contributed by atoms with E-state index in [1.54, 1.807) is 4.74 Å². The molecule has 0 aromatic heterocycles. The molecule has 0 aliphatic rings. The number of rotatable bonds is 7. The molecule has 0 aliphatic heterocycles. The minimum Gasteiger partial charge on any atom is -0.387 e. The van der Waals surface area contributed by atoms with E-state index >= 15 is 0 Å². The largest absolute Gasteiger partial charge is 0.453 e. The van der Waals surface area contributed by atoms with Crippen molar-refractivity contribution in [2.24, 2.45) is 5.41 Å². The Morgan fingerprint density at radius 3 is 0.966 bits per heavy atom. The van der Waals surface area contributed by atoms with Gasteiger partial charge in [-0.25, -0.2) is 9.47 Å². The first-order valence-electron chi connectivity index (χ1n) is 5.95. The molecule has 0 aromatic carbocycles. The second-order valence-electron chi connectivity index (χ2n) is 4.79. The molecule has 0 atom stereocenters. The van der Waals surface area contributed by atoms with Gasteiger partial charge in [0, 0.05) is 0 Å². The van der Waals surface area contributed by atoms with Crippen LogP contribution in [-0.2, 0) is 9.47 Å². The fourth-order valence-corrected chi connectivity index (χ4v) is 1.55. The summed E-state index contributed by atoms with van der Waals surface area (Å²) in [7, 11) is 0. The number of hydrogen-bond donors (Lipinski definition) is 1. The lowest BCUT2D eigenvalue weighted by molar-refractivity contribution is -0.571. The normalized spacial score (nSPS) is 16.3. The molecule has 0 saturated heterocycles. The molecule has 3 nitrogen and oxygen atoms in total. The Morgan fingerprint density at radius 1 is 0.448 bits per heavy atom. The predicted molar refractivity (Wildman–Crippen MR) is 49.6 cm³/mol. The van der Waals surface area contributed by atoms with Crippen LogP contribution in [0.1, 0.15) is 0 Å². The average molecular weight is 482 g/mol. The lowest BCUT2D eigenvalue weighted by Crippen LogP contribution is -2.71. The van der Waals surface area contributed by atoms with Crippen LogP contribution in [0.4, 0.5) is 74.6 Å². The van der Waals surface area contributed by atoms with Crippen LogP contribution in [-0.4, -0.2) is 54.7 Å². The number of ether oxygens (including phenoxy) is 2. The van der Waals surface area contributed by atoms with Crippen LogP contribution >= 0.6 is 0 Å². The van der Waals surface area contributed by atoms with Gasteiger partial charge in [0.25, 0.3) is 0 Å². The van der Waals surface area contributed by atoms with Crippen LogP contribution in [0.25, 0.3) is 0 Å². The Balaban J connectivity index is 6.62. The Hall–Kier alpha value is -1.31. The Bertz CT molecular complexity index is 534. The highest BCUT2D eigenvalue weighted by Crippen LogP contribution is 2.67. The van der Waals surface area contributed by atoms with Crippen LogP contribution in [0.3, 0.4) is 0 Å². The Labute approximate surface area is 145 Å². The van der Waals surface area contributed by atoms with Gasteiger partial charge in [0.1, 0.15) is 6.61 Å². The van der Waals surface area contributed by atoms with Gasteiger partial charge in [-0.3, -0.25) is 0 Å². The summed E-state index contributed by atoms with van der Waals surface area (Å²) in [4.78, 5) is 0. The maximum absolute atomic E-state index is 13.3. The fourth-order valence-electron chi connectivity index (χ4n) is 1.55. The van der Waals surface area contributed by atoms with Gasteiger partial charge < -0.3 is 5.11 Å². The molecule has 0 amide bonds. The summed E-state index contributed by atoms with van der Waals surface area (Å²) in [6.07, 6.45) is -53.7. The Morgan fingerprint density at radius 2 is 0.724 bits per heavy atom. The van der Waals surface area contributed by atoms with Gasteiger partial charge in [-0.2, -0.15) is 74.6 Å². The zero-order chi connectivity index (χ0) is 24.1. The monoisotopic (exact) mass is 482 g/mol. The van der Waals surface area contributed by atoms with E-state index in [0.29, 0.717) is 0 Å². The van der Waals surface area contributed by atoms with Gasteiger partial charge in [-0.05, 0) is 0 Å². The standard InChI is InChI=1S/C9H3F17O3/c10-2(11,1-27)28-8(23,24)9(25,26)29-7(21,22)3(4(12,13)14,5(15,16)17)6(18,19)20/h27H,1H2. The molecule has 0 aliphatic carbocycles. The third-order valence-corrected chi connectivity index (χ3v) is 2.77. The Kier molecular flexibility index (Phi) is 6.81. The molecule has 0 aromatic rings. The van der Waals surface area contributed by atoms with E-state index in [9.17, 15) is 74.6 Å². The zero-order valence-electron chi connectivity index (χ0n) is 12.4. The summed E-state index contributed by atoms with van der Waals surface area (Å²) in [6.45, 7) is -2.91. The maximum atomic E-state index is 13.3. The van der Waals surface area contributed by atoms with Crippen molar-refractivity contribution in [2.45, 2.75) is 43.0 Å². The van der Waals surface area contributed by atoms with Crippen molar-refractivity contribution < 1.29 is 89.2 Å². The molecule has 0 spiro atoms. The molecule has 0 heterocycles. The molecule has 20 heteroatoms. The van der Waals surface area contributed by atoms with E-state index in [1.165, 1.54) is 4.74 Å². The van der Waals surface area contributed by atoms with Crippen molar-refractivity contribution in [3.63, 3.8) is 0 Å². The van der Waals surface area contributed by atoms with Crippen molar-refractivity contribution in [1.29, 1.82) is 0 Å². The topological polar surface area (TPSA) is 38.7 Å². The second-order valence-corrected chi connectivity index (χ2v) is 4.79. The minimum atomic E-state index is -8.50. The van der Waals surface area contributed by atoms with Crippen LogP contribution < -0.4 is 0 Å². The highest BCUT2D eigenvalue weighted by Gasteiger charge is 2.95. The summed E-state index contributed by atoms with van der Waals surface area (Å²) >= 11 is 0. The third kappa shape index (κ3) is 4.72. The molecule has 0 saturated carbocycles. The van der Waals surface area contributed by atoms with Gasteiger partial charge in [0.05, 0.1) is 0 Å². The van der Waals surface area contributed by atoms with Crippen LogP contribution in [0.5, 0.6) is 0 Å². The first-order valence-corrected chi connectivity index (χ1v) is 5.95. The van der Waals surface area contributed by atoms with Crippen LogP contribution in [0, 0.1) is 5.41 Å². The van der Waals surface area contributed by atoms with Crippen molar-refractivity contribution in [3.05, 3.63) is 0 Å². The average Bonchev–Trinajstić information content (AvgIpc) is 2.29. The quantitative estimate of drug-likeness (QED) is 0.517. The molecule has 0 rings (SSSR count). The lowest BCUT2D eigenvalue weighted by Gasteiger charge is -2.43. The van der Waals surface area contributed by atoms with E-state index in [-0.39, 0.29) is 0 Å². The first kappa shape index (κ1) is 27.7. The SMILES string of the molecule is OCC(F)(F)OC(F)(F)C(F)(F)OC(F)(F)C(C(F)(F)F)(C(F)(F)F)C(F)(F)F. The number of aliphatic hydroxyl groups excluding tert-OH is 1. The van der Waals surface area contributed by atoms with Crippen molar-refractivity contribution in [2.75, 3.05) is 6.61 Å². The molecule has 0 radical (unpaired) electrons. The van der Waals surface area contributed by atoms with Crippen molar-refractivity contribution >= 4 is 0 Å². The molecule has 176 valence electrons. The summed E-state index contributed by atoms with van der Waals surface area (Å²) in [6, 6.07) is 0. The molecular formula is C9H3F17O3. The number of hydrogen-bond acceptors (Lipinski definition) is 3. The minimum absolute atomic E-state index is 1.21. The lowest BCUT2D eigenvalue weighted by atomic mass is 9.83. The molecular weight excluding hydrogens is 479 g/mol. The fraction of sp³-hybridized carbons (Fsp3) is 1.00. The van der Waals surface area contributed by atoms with E-state index in [0.717, 1.165) is 0 Å². The van der Waals surface area contributed by atoms with Crippen molar-refractivity contribution in [3.8, 4) is 0 Å². The summed E-state index contributed by atoms with van der Waals surface area (Å²) in [5.41, 5.74) is -8.50. The summed E-state index contributed by atoms with van der Waals surface area (Å²) < 4.78 is 218. The highest BCUT2D eigenvalue weighted by atomic mass is 19.4. The van der Waals surface area contributed by atoms with E-state index in [1.807, 2.05) is 0 Å². The third-order valence-electron chi connectivity index (χ3n) is 2.77. The highest BCUT2D eigenvalue weighted by molar-refractivity contribution is 5.05. The second kappa shape index (κ2) is 7.13. The molecule has 0 unspecified atom stereocenters. The van der Waals surface area contributed by atoms with E-state index in [2.05, 4.69) is 0 Å². The smallest absolute Gasteiger partial charge is 0.387 e. The van der Waals surface area contributed by atoms with Gasteiger partial charge in [-0.1, -0.05) is 0 Å². The first-order chi connectivity index (χ1) is 12.2. The zero-order valence-corrected chi connectivity index (χ0v) is 12.4. The number of aliphatic hydroxyl groups is 1. The van der Waals surface area contributed by atoms with E-state index in [4.69, 9.17) is 5.11 Å². The number of halogens is 17. The number of alkyl halides is 17. The van der Waals surface area contributed by atoms with Gasteiger partial charge >= 0.3 is 48.4 Å². The maximum Gasteiger partial charge on any atom is 0.453 e. The van der Waals surface area contributed by atoms with Crippen LogP contribution in [0.2, 0.25) is 0 Å². The van der Waals surface area contributed by atoms with Gasteiger partial charge in [0.2, 0.25) is 0 Å². The summed E-state index contributed by atoms with van der Waals surface area (Å²) in [5.74, 6) is 0. The van der Waals surface area contributed by atoms with Crippen molar-refractivity contribution in [1.82, 2.24) is 0 Å². The molecule has 0 fully saturated rings. The van der Waals surface area contributed by atoms with E-state index < -0.39 is 55.0 Å². The molecule has 1 N–H and O–H groups in total. The molecule has 29 heavy (non-hydrogen) atoms. The van der Waals surface area contributed by atoms with Gasteiger partial charge in [0.15, 0.2) is 0 Å². The summed E-state index contributed by atoms with van der Waals surface area (Å²) in [5, 5.41) is 7.82. The molecule has 0 bridgehead atoms. The predicted octanol–water partition coefficient (Wildman–Crippen LogP) is 5.06. The van der Waals surface area contributed by atoms with Crippen LogP contribution in [0.15, 0.2) is 0 Å². The van der Waals surface area contributed by atoms with Gasteiger partial charge in [-0.15, -0.1) is 0 Å².